The predicted octanol–water partition coefficient (Wildman–Crippen LogP) is 2.64. The monoisotopic (exact) mass is 293 g/mol. The number of anilines is 1. The van der Waals surface area contributed by atoms with Crippen LogP contribution in [-0.2, 0) is 11.3 Å². The first kappa shape index (κ1) is 13.9. The number of carbonyl (C=O) groups is 1. The second kappa shape index (κ2) is 6.58. The van der Waals surface area contributed by atoms with E-state index in [1.165, 1.54) is 16.6 Å². The van der Waals surface area contributed by atoms with E-state index in [4.69, 9.17) is 5.73 Å². The van der Waals surface area contributed by atoms with E-state index in [0.717, 1.165) is 22.8 Å². The van der Waals surface area contributed by atoms with Gasteiger partial charge >= 0.3 is 0 Å². The second-order valence-electron chi connectivity index (χ2n) is 3.97. The van der Waals surface area contributed by atoms with Gasteiger partial charge < -0.3 is 11.1 Å². The number of aryl methyl sites for hydroxylation is 1. The van der Waals surface area contributed by atoms with E-state index < -0.39 is 0 Å². The van der Waals surface area contributed by atoms with Crippen LogP contribution in [0.25, 0.3) is 0 Å². The zero-order chi connectivity index (χ0) is 13.7. The highest BCUT2D eigenvalue weighted by molar-refractivity contribution is 8.00. The molecule has 0 radical (unpaired) electrons. The number of thioether (sulfide) groups is 1. The Bertz CT molecular complexity index is 569. The van der Waals surface area contributed by atoms with Crippen molar-refractivity contribution in [3.63, 3.8) is 0 Å². The molecular formula is C13H15N3OS2. The largest absolute Gasteiger partial charge is 0.379 e. The quantitative estimate of drug-likeness (QED) is 0.803. The summed E-state index contributed by atoms with van der Waals surface area (Å²) in [6.45, 7) is 2.74. The van der Waals surface area contributed by atoms with Crippen LogP contribution in [0.5, 0.6) is 0 Å². The fraction of sp³-hybridized carbons (Fsp3) is 0.231. The van der Waals surface area contributed by atoms with E-state index >= 15 is 0 Å². The summed E-state index contributed by atoms with van der Waals surface area (Å²) in [6, 6.07) is 7.90. The van der Waals surface area contributed by atoms with Gasteiger partial charge in [0.1, 0.15) is 0 Å². The third-order valence-corrected chi connectivity index (χ3v) is 4.57. The number of primary amides is 1. The molecule has 0 aliphatic rings. The molecule has 1 aromatic carbocycles. The zero-order valence-corrected chi connectivity index (χ0v) is 12.2. The minimum absolute atomic E-state index is 0.290. The minimum atomic E-state index is -0.307. The molecule has 6 heteroatoms. The first-order chi connectivity index (χ1) is 9.16. The summed E-state index contributed by atoms with van der Waals surface area (Å²) in [5, 5.41) is 3.38. The highest BCUT2D eigenvalue weighted by Gasteiger charge is 2.06. The molecule has 0 saturated carbocycles. The van der Waals surface area contributed by atoms with E-state index in [2.05, 4.69) is 10.3 Å². The van der Waals surface area contributed by atoms with Crippen LogP contribution in [0.3, 0.4) is 0 Å². The van der Waals surface area contributed by atoms with Gasteiger partial charge in [-0.1, -0.05) is 12.1 Å². The number of aromatic nitrogens is 1. The maximum atomic E-state index is 10.8. The lowest BCUT2D eigenvalue weighted by molar-refractivity contribution is -0.115. The fourth-order valence-electron chi connectivity index (χ4n) is 1.56. The van der Waals surface area contributed by atoms with Gasteiger partial charge in [-0.25, -0.2) is 4.98 Å². The van der Waals surface area contributed by atoms with Crippen LogP contribution in [0.1, 0.15) is 10.6 Å². The lowest BCUT2D eigenvalue weighted by atomic mass is 10.3. The molecular weight excluding hydrogens is 278 g/mol. The van der Waals surface area contributed by atoms with Gasteiger partial charge in [-0.2, -0.15) is 0 Å². The Morgan fingerprint density at radius 1 is 1.47 bits per heavy atom. The molecule has 3 N–H and O–H groups in total. The van der Waals surface area contributed by atoms with Gasteiger partial charge in [0, 0.05) is 15.5 Å². The number of amides is 1. The predicted molar refractivity (Wildman–Crippen MR) is 80.5 cm³/mol. The maximum absolute atomic E-state index is 10.8. The third-order valence-electron chi connectivity index (χ3n) is 2.54. The molecule has 0 aliphatic carbocycles. The molecule has 1 heterocycles. The van der Waals surface area contributed by atoms with E-state index in [9.17, 15) is 4.79 Å². The summed E-state index contributed by atoms with van der Waals surface area (Å²) in [5.74, 6) is -0.0174. The van der Waals surface area contributed by atoms with Crippen molar-refractivity contribution in [2.75, 3.05) is 11.1 Å². The van der Waals surface area contributed by atoms with Crippen LogP contribution in [0.2, 0.25) is 0 Å². The summed E-state index contributed by atoms with van der Waals surface area (Å²) in [7, 11) is 0. The van der Waals surface area contributed by atoms with Crippen LogP contribution in [0.15, 0.2) is 34.7 Å². The molecule has 2 aromatic rings. The molecule has 19 heavy (non-hydrogen) atoms. The molecule has 0 fully saturated rings. The summed E-state index contributed by atoms with van der Waals surface area (Å²) < 4.78 is 0. The molecule has 0 bridgehead atoms. The molecule has 0 unspecified atom stereocenters. The topological polar surface area (TPSA) is 68.0 Å². The van der Waals surface area contributed by atoms with Crippen molar-refractivity contribution in [2.45, 2.75) is 18.4 Å². The standard InChI is InChI=1S/C13H15N3OS2/c1-9-12(19-8-16-9)6-15-10-4-2-3-5-11(10)18-7-13(14)17/h2-5,8,15H,6-7H2,1H3,(H2,14,17). The lowest BCUT2D eigenvalue weighted by Gasteiger charge is -2.10. The van der Waals surface area contributed by atoms with Gasteiger partial charge in [0.25, 0.3) is 0 Å². The summed E-state index contributed by atoms with van der Waals surface area (Å²) in [4.78, 5) is 17.3. The average Bonchev–Trinajstić information content (AvgIpc) is 2.80. The van der Waals surface area contributed by atoms with Crippen molar-refractivity contribution in [3.05, 3.63) is 40.3 Å². The number of thiazole rings is 1. The van der Waals surface area contributed by atoms with Crippen LogP contribution in [-0.4, -0.2) is 16.6 Å². The Labute approximate surface area is 120 Å². The summed E-state index contributed by atoms with van der Waals surface area (Å²) >= 11 is 3.09. The zero-order valence-electron chi connectivity index (χ0n) is 10.6. The van der Waals surface area contributed by atoms with Gasteiger partial charge in [0.15, 0.2) is 0 Å². The van der Waals surface area contributed by atoms with Gasteiger partial charge in [-0.15, -0.1) is 23.1 Å². The van der Waals surface area contributed by atoms with Crippen molar-refractivity contribution in [3.8, 4) is 0 Å². The van der Waals surface area contributed by atoms with Crippen LogP contribution >= 0.6 is 23.1 Å². The normalized spacial score (nSPS) is 10.4. The minimum Gasteiger partial charge on any atom is -0.379 e. The van der Waals surface area contributed by atoms with Crippen molar-refractivity contribution in [1.29, 1.82) is 0 Å². The Morgan fingerprint density at radius 2 is 2.26 bits per heavy atom. The number of hydrogen-bond acceptors (Lipinski definition) is 5. The molecule has 0 atom stereocenters. The number of nitrogens with two attached hydrogens (primary N) is 1. The van der Waals surface area contributed by atoms with Crippen LogP contribution < -0.4 is 11.1 Å². The summed E-state index contributed by atoms with van der Waals surface area (Å²) in [5.41, 5.74) is 9.09. The molecule has 0 aliphatic heterocycles. The van der Waals surface area contributed by atoms with Gasteiger partial charge in [-0.05, 0) is 19.1 Å². The Hall–Kier alpha value is -1.53. The molecule has 1 amide bonds. The van der Waals surface area contributed by atoms with Crippen molar-refractivity contribution in [2.24, 2.45) is 5.73 Å². The number of hydrogen-bond donors (Lipinski definition) is 2. The van der Waals surface area contributed by atoms with Crippen molar-refractivity contribution in [1.82, 2.24) is 4.98 Å². The van der Waals surface area contributed by atoms with Gasteiger partial charge in [-0.3, -0.25) is 4.79 Å². The molecule has 0 spiro atoms. The first-order valence-electron chi connectivity index (χ1n) is 5.80. The van der Waals surface area contributed by atoms with E-state index in [0.29, 0.717) is 0 Å². The average molecular weight is 293 g/mol. The Morgan fingerprint density at radius 3 is 2.95 bits per heavy atom. The molecule has 4 nitrogen and oxygen atoms in total. The number of benzene rings is 1. The molecule has 100 valence electrons. The van der Waals surface area contributed by atoms with E-state index in [-0.39, 0.29) is 11.7 Å². The highest BCUT2D eigenvalue weighted by atomic mass is 32.2. The van der Waals surface area contributed by atoms with Crippen LogP contribution in [0.4, 0.5) is 5.69 Å². The first-order valence-corrected chi connectivity index (χ1v) is 7.66. The molecule has 2 rings (SSSR count). The van der Waals surface area contributed by atoms with Crippen molar-refractivity contribution < 1.29 is 4.79 Å². The SMILES string of the molecule is Cc1ncsc1CNc1ccccc1SCC(N)=O. The second-order valence-corrected chi connectivity index (χ2v) is 5.92. The van der Waals surface area contributed by atoms with E-state index in [1.54, 1.807) is 11.3 Å². The number of para-hydroxylation sites is 1. The Kier molecular flexibility index (Phi) is 4.81. The third kappa shape index (κ3) is 3.97. The Balaban J connectivity index is 2.03. The fourth-order valence-corrected chi connectivity index (χ4v) is 3.04. The highest BCUT2D eigenvalue weighted by Crippen LogP contribution is 2.27. The molecule has 0 saturated heterocycles. The van der Waals surface area contributed by atoms with E-state index in [1.807, 2.05) is 36.7 Å². The number of nitrogens with one attached hydrogen (secondary N) is 1. The van der Waals surface area contributed by atoms with Crippen molar-refractivity contribution >= 4 is 34.7 Å². The van der Waals surface area contributed by atoms with Gasteiger partial charge in [0.05, 0.1) is 23.5 Å². The number of carbonyl (C=O) groups excluding carboxylic acids is 1. The lowest BCUT2D eigenvalue weighted by Crippen LogP contribution is -2.13. The van der Waals surface area contributed by atoms with Crippen LogP contribution in [0, 0.1) is 6.92 Å². The number of rotatable bonds is 6. The molecule has 1 aromatic heterocycles. The smallest absolute Gasteiger partial charge is 0.227 e. The number of nitrogens with zero attached hydrogens (tertiary/aromatic N) is 1. The maximum Gasteiger partial charge on any atom is 0.227 e. The van der Waals surface area contributed by atoms with Gasteiger partial charge in [0.2, 0.25) is 5.91 Å². The summed E-state index contributed by atoms with van der Waals surface area (Å²) in [6.07, 6.45) is 0.